The van der Waals surface area contributed by atoms with Gasteiger partial charge in [-0.05, 0) is 12.1 Å². The summed E-state index contributed by atoms with van der Waals surface area (Å²) in [5.41, 5.74) is 0.347. The van der Waals surface area contributed by atoms with Crippen LogP contribution in [-0.4, -0.2) is 17.4 Å². The highest BCUT2D eigenvalue weighted by Crippen LogP contribution is 2.18. The molecule has 5 heteroatoms. The van der Waals surface area contributed by atoms with Crippen molar-refractivity contribution in [3.05, 3.63) is 46.0 Å². The topological polar surface area (TPSA) is 72.2 Å². The van der Waals surface area contributed by atoms with Crippen molar-refractivity contribution in [2.45, 2.75) is 6.42 Å². The molecule has 0 aliphatic heterocycles. The number of terminal acetylenes is 1. The third kappa shape index (κ3) is 4.10. The molecule has 0 atom stereocenters. The van der Waals surface area contributed by atoms with E-state index in [0.717, 1.165) is 0 Å². The predicted octanol–water partition coefficient (Wildman–Crippen LogP) is 1.75. The summed E-state index contributed by atoms with van der Waals surface area (Å²) in [7, 11) is 0. The quantitative estimate of drug-likeness (QED) is 0.282. The lowest BCUT2D eigenvalue weighted by molar-refractivity contribution is -0.385. The second-order valence-electron chi connectivity index (χ2n) is 3.39. The molecule has 0 fully saturated rings. The summed E-state index contributed by atoms with van der Waals surface area (Å²) in [5, 5.41) is 13.3. The SMILES string of the molecule is C#CCCNC(=O)C=Cc1ccccc1[N+](=O)[O-]. The van der Waals surface area contributed by atoms with Gasteiger partial charge in [0.25, 0.3) is 5.69 Å². The predicted molar refractivity (Wildman–Crippen MR) is 68.6 cm³/mol. The zero-order chi connectivity index (χ0) is 13.4. The molecule has 0 heterocycles. The average Bonchev–Trinajstić information content (AvgIpc) is 2.37. The van der Waals surface area contributed by atoms with E-state index in [2.05, 4.69) is 11.2 Å². The molecule has 1 rings (SSSR count). The van der Waals surface area contributed by atoms with Gasteiger partial charge in [-0.1, -0.05) is 12.1 Å². The van der Waals surface area contributed by atoms with E-state index < -0.39 is 4.92 Å². The Morgan fingerprint density at radius 1 is 1.50 bits per heavy atom. The molecule has 92 valence electrons. The minimum atomic E-state index is -0.490. The van der Waals surface area contributed by atoms with Gasteiger partial charge in [-0.25, -0.2) is 0 Å². The van der Waals surface area contributed by atoms with E-state index in [4.69, 9.17) is 6.42 Å². The molecule has 18 heavy (non-hydrogen) atoms. The molecule has 1 N–H and O–H groups in total. The van der Waals surface area contributed by atoms with Crippen molar-refractivity contribution >= 4 is 17.7 Å². The molecule has 0 unspecified atom stereocenters. The number of nitrogens with zero attached hydrogens (tertiary/aromatic N) is 1. The van der Waals surface area contributed by atoms with Crippen LogP contribution in [0.2, 0.25) is 0 Å². The van der Waals surface area contributed by atoms with Crippen molar-refractivity contribution in [1.82, 2.24) is 5.32 Å². The zero-order valence-electron chi connectivity index (χ0n) is 9.63. The van der Waals surface area contributed by atoms with Gasteiger partial charge < -0.3 is 5.32 Å². The van der Waals surface area contributed by atoms with Crippen molar-refractivity contribution in [3.63, 3.8) is 0 Å². The largest absolute Gasteiger partial charge is 0.352 e. The Hall–Kier alpha value is -2.61. The number of hydrogen-bond donors (Lipinski definition) is 1. The lowest BCUT2D eigenvalue weighted by Crippen LogP contribution is -2.21. The molecule has 1 aromatic carbocycles. The third-order valence-electron chi connectivity index (χ3n) is 2.12. The summed E-state index contributed by atoms with van der Waals surface area (Å²) in [6.07, 6.45) is 8.14. The number of carbonyl (C=O) groups excluding carboxylic acids is 1. The molecule has 0 aliphatic carbocycles. The molecule has 0 bridgehead atoms. The van der Waals surface area contributed by atoms with Gasteiger partial charge >= 0.3 is 0 Å². The minimum Gasteiger partial charge on any atom is -0.352 e. The van der Waals surface area contributed by atoms with Crippen molar-refractivity contribution in [2.24, 2.45) is 0 Å². The second kappa shape index (κ2) is 6.86. The zero-order valence-corrected chi connectivity index (χ0v) is 9.63. The van der Waals surface area contributed by atoms with Crippen LogP contribution in [0.1, 0.15) is 12.0 Å². The highest BCUT2D eigenvalue weighted by atomic mass is 16.6. The summed E-state index contributed by atoms with van der Waals surface area (Å²) < 4.78 is 0. The van der Waals surface area contributed by atoms with Crippen LogP contribution in [-0.2, 0) is 4.79 Å². The number of nitro benzene ring substituents is 1. The van der Waals surface area contributed by atoms with Gasteiger partial charge in [-0.15, -0.1) is 12.3 Å². The van der Waals surface area contributed by atoms with Crippen LogP contribution < -0.4 is 5.32 Å². The normalized spacial score (nSPS) is 9.94. The van der Waals surface area contributed by atoms with Crippen LogP contribution >= 0.6 is 0 Å². The molecular formula is C13H12N2O3. The first-order chi connectivity index (χ1) is 8.65. The number of carbonyl (C=O) groups is 1. The van der Waals surface area contributed by atoms with E-state index in [-0.39, 0.29) is 11.6 Å². The van der Waals surface area contributed by atoms with E-state index in [1.165, 1.54) is 18.2 Å². The van der Waals surface area contributed by atoms with Gasteiger partial charge in [0.05, 0.1) is 10.5 Å². The first-order valence-electron chi connectivity index (χ1n) is 5.28. The van der Waals surface area contributed by atoms with Crippen LogP contribution in [0.5, 0.6) is 0 Å². The number of benzene rings is 1. The molecule has 0 radical (unpaired) electrons. The van der Waals surface area contributed by atoms with Crippen LogP contribution in [0.15, 0.2) is 30.3 Å². The monoisotopic (exact) mass is 244 g/mol. The summed E-state index contributed by atoms with van der Waals surface area (Å²) >= 11 is 0. The van der Waals surface area contributed by atoms with Crippen molar-refractivity contribution in [2.75, 3.05) is 6.54 Å². The smallest absolute Gasteiger partial charge is 0.276 e. The summed E-state index contributed by atoms with van der Waals surface area (Å²) in [6, 6.07) is 6.20. The minimum absolute atomic E-state index is 0.0369. The molecule has 0 aromatic heterocycles. The van der Waals surface area contributed by atoms with Crippen LogP contribution in [0.25, 0.3) is 6.08 Å². The summed E-state index contributed by atoms with van der Waals surface area (Å²) in [4.78, 5) is 21.6. The fourth-order valence-electron chi connectivity index (χ4n) is 1.28. The van der Waals surface area contributed by atoms with E-state index in [0.29, 0.717) is 18.5 Å². The Kier molecular flexibility index (Phi) is 5.13. The van der Waals surface area contributed by atoms with Crippen molar-refractivity contribution < 1.29 is 9.72 Å². The maximum atomic E-state index is 11.3. The number of amides is 1. The van der Waals surface area contributed by atoms with E-state index in [1.54, 1.807) is 18.2 Å². The van der Waals surface area contributed by atoms with Crippen molar-refractivity contribution in [1.29, 1.82) is 0 Å². The van der Waals surface area contributed by atoms with E-state index >= 15 is 0 Å². The Morgan fingerprint density at radius 2 is 2.22 bits per heavy atom. The molecular weight excluding hydrogens is 232 g/mol. The summed E-state index contributed by atoms with van der Waals surface area (Å²) in [5.74, 6) is 2.06. The Labute approximate surface area is 105 Å². The standard InChI is InChI=1S/C13H12N2O3/c1-2-3-10-14-13(16)9-8-11-6-4-5-7-12(11)15(17)18/h1,4-9H,3,10H2,(H,14,16). The Balaban J connectivity index is 2.70. The molecule has 5 nitrogen and oxygen atoms in total. The first kappa shape index (κ1) is 13.5. The highest BCUT2D eigenvalue weighted by Gasteiger charge is 2.09. The van der Waals surface area contributed by atoms with Gasteiger partial charge in [0.2, 0.25) is 5.91 Å². The summed E-state index contributed by atoms with van der Waals surface area (Å²) in [6.45, 7) is 0.385. The molecule has 0 saturated carbocycles. The van der Waals surface area contributed by atoms with Gasteiger partial charge in [-0.2, -0.15) is 0 Å². The van der Waals surface area contributed by atoms with E-state index in [9.17, 15) is 14.9 Å². The molecule has 0 spiro atoms. The highest BCUT2D eigenvalue weighted by molar-refractivity contribution is 5.92. The second-order valence-corrected chi connectivity index (χ2v) is 3.39. The Bertz CT molecular complexity index is 515. The van der Waals surface area contributed by atoms with Gasteiger partial charge in [-0.3, -0.25) is 14.9 Å². The van der Waals surface area contributed by atoms with Gasteiger partial charge in [0.1, 0.15) is 0 Å². The average molecular weight is 244 g/mol. The number of nitrogens with one attached hydrogen (secondary N) is 1. The van der Waals surface area contributed by atoms with Crippen LogP contribution in [0, 0.1) is 22.5 Å². The third-order valence-corrected chi connectivity index (χ3v) is 2.12. The lowest BCUT2D eigenvalue weighted by atomic mass is 10.1. The fourth-order valence-corrected chi connectivity index (χ4v) is 1.28. The van der Waals surface area contributed by atoms with Crippen molar-refractivity contribution in [3.8, 4) is 12.3 Å². The van der Waals surface area contributed by atoms with Crippen LogP contribution in [0.3, 0.4) is 0 Å². The van der Waals surface area contributed by atoms with Crippen LogP contribution in [0.4, 0.5) is 5.69 Å². The maximum absolute atomic E-state index is 11.3. The number of nitro groups is 1. The lowest BCUT2D eigenvalue weighted by Gasteiger charge is -1.98. The maximum Gasteiger partial charge on any atom is 0.276 e. The number of hydrogen-bond acceptors (Lipinski definition) is 3. The van der Waals surface area contributed by atoms with Gasteiger partial charge in [0, 0.05) is 25.1 Å². The molecule has 0 saturated heterocycles. The van der Waals surface area contributed by atoms with Gasteiger partial charge in [0.15, 0.2) is 0 Å². The Morgan fingerprint density at radius 3 is 2.89 bits per heavy atom. The number of para-hydroxylation sites is 1. The molecule has 0 aliphatic rings. The van der Waals surface area contributed by atoms with E-state index in [1.807, 2.05) is 0 Å². The number of rotatable bonds is 5. The first-order valence-corrected chi connectivity index (χ1v) is 5.28. The molecule has 1 amide bonds. The molecule has 1 aromatic rings. The fraction of sp³-hybridized carbons (Fsp3) is 0.154.